The van der Waals surface area contributed by atoms with Gasteiger partial charge in [-0.15, -0.1) is 0 Å². The van der Waals surface area contributed by atoms with E-state index in [-0.39, 0.29) is 0 Å². The molecular weight excluding hydrogens is 240 g/mol. The van der Waals surface area contributed by atoms with Gasteiger partial charge >= 0.3 is 8.56 Å². The average molecular weight is 265 g/mol. The lowest BCUT2D eigenvalue weighted by Gasteiger charge is -2.39. The summed E-state index contributed by atoms with van der Waals surface area (Å²) in [6.07, 6.45) is 3.65. The third kappa shape index (κ3) is 5.04. The van der Waals surface area contributed by atoms with E-state index < -0.39 is 16.9 Å². The van der Waals surface area contributed by atoms with Crippen LogP contribution in [-0.4, -0.2) is 29.2 Å². The van der Waals surface area contributed by atoms with Crippen molar-refractivity contribution >= 4 is 29.5 Å². The van der Waals surface area contributed by atoms with Crippen molar-refractivity contribution in [2.45, 2.75) is 51.0 Å². The van der Waals surface area contributed by atoms with E-state index in [9.17, 15) is 0 Å². The Kier molecular flexibility index (Phi) is 5.38. The molecule has 0 aromatic carbocycles. The fourth-order valence-electron chi connectivity index (χ4n) is 2.06. The van der Waals surface area contributed by atoms with Gasteiger partial charge in [-0.05, 0) is 56.7 Å². The molecule has 1 aliphatic heterocycles. The molecule has 1 aliphatic rings. The highest BCUT2D eigenvalue weighted by atomic mass is 32.1. The average Bonchev–Trinajstić information content (AvgIpc) is 2.14. The van der Waals surface area contributed by atoms with E-state index in [1.807, 2.05) is 0 Å². The monoisotopic (exact) mass is 264 g/mol. The summed E-state index contributed by atoms with van der Waals surface area (Å²) in [5.41, 5.74) is 0. The molecule has 15 heavy (non-hydrogen) atoms. The highest BCUT2D eigenvalue weighted by Gasteiger charge is 2.42. The van der Waals surface area contributed by atoms with Crippen molar-refractivity contribution < 1.29 is 8.54 Å². The van der Waals surface area contributed by atoms with Crippen molar-refractivity contribution in [1.82, 2.24) is 0 Å². The molecule has 0 spiro atoms. The summed E-state index contributed by atoms with van der Waals surface area (Å²) < 4.78 is 12.5. The molecule has 0 aromatic heterocycles. The maximum atomic E-state index is 6.39. The molecule has 0 aromatic rings. The predicted molar refractivity (Wildman–Crippen MR) is 73.5 cm³/mol. The Hall–Kier alpha value is 0.704. The van der Waals surface area contributed by atoms with Gasteiger partial charge in [-0.25, -0.2) is 0 Å². The highest BCUT2D eigenvalue weighted by Crippen LogP contribution is 2.31. The van der Waals surface area contributed by atoms with Crippen LogP contribution < -0.4 is 0 Å². The number of hydrogen-bond donors (Lipinski definition) is 1. The van der Waals surface area contributed by atoms with Gasteiger partial charge in [-0.3, -0.25) is 0 Å². The van der Waals surface area contributed by atoms with Gasteiger partial charge in [-0.2, -0.15) is 12.6 Å². The molecule has 2 nitrogen and oxygen atoms in total. The molecule has 1 atom stereocenters. The van der Waals surface area contributed by atoms with Crippen molar-refractivity contribution in [3.8, 4) is 0 Å². The van der Waals surface area contributed by atoms with E-state index in [1.165, 1.54) is 18.9 Å². The minimum Gasteiger partial charge on any atom is -0.436 e. The first-order chi connectivity index (χ1) is 6.97. The van der Waals surface area contributed by atoms with Crippen LogP contribution in [0.2, 0.25) is 31.7 Å². The maximum absolute atomic E-state index is 6.39. The molecule has 1 rings (SSSR count). The minimum absolute atomic E-state index is 0.920. The molecular formula is C10H24O2SSi2. The summed E-state index contributed by atoms with van der Waals surface area (Å²) in [6.45, 7) is 7.71. The van der Waals surface area contributed by atoms with Crippen LogP contribution >= 0.6 is 12.6 Å². The predicted octanol–water partition coefficient (Wildman–Crippen LogP) is 3.41. The van der Waals surface area contributed by atoms with Gasteiger partial charge in [0, 0.05) is 6.61 Å². The Morgan fingerprint density at radius 2 is 2.07 bits per heavy atom. The van der Waals surface area contributed by atoms with Crippen molar-refractivity contribution in [3.63, 3.8) is 0 Å². The van der Waals surface area contributed by atoms with E-state index in [0.717, 1.165) is 24.8 Å². The van der Waals surface area contributed by atoms with Crippen LogP contribution in [0.4, 0.5) is 0 Å². The molecule has 0 aliphatic carbocycles. The first-order valence-corrected chi connectivity index (χ1v) is 12.2. The normalized spacial score (nSPS) is 28.0. The molecule has 5 heteroatoms. The molecule has 1 heterocycles. The van der Waals surface area contributed by atoms with Crippen molar-refractivity contribution in [1.29, 1.82) is 0 Å². The van der Waals surface area contributed by atoms with Gasteiger partial charge in [0.2, 0.25) is 0 Å². The van der Waals surface area contributed by atoms with Gasteiger partial charge in [0.15, 0.2) is 8.32 Å². The molecule has 0 bridgehead atoms. The fourth-order valence-corrected chi connectivity index (χ4v) is 10.6. The Labute approximate surface area is 102 Å². The molecule has 1 unspecified atom stereocenters. The second kappa shape index (κ2) is 5.86. The zero-order valence-electron chi connectivity index (χ0n) is 10.2. The lowest BCUT2D eigenvalue weighted by Crippen LogP contribution is -2.51. The molecule has 1 fully saturated rings. The Morgan fingerprint density at radius 1 is 1.33 bits per heavy atom. The standard InChI is InChI=1S/C10H24O2SSi2/c1-14(2,3)12-15(10-6-8-13)9-5-4-7-11-15/h13H,4-10H2,1-3H3. The lowest BCUT2D eigenvalue weighted by atomic mass is 10.4. The van der Waals surface area contributed by atoms with Gasteiger partial charge in [-0.1, -0.05) is 0 Å². The first kappa shape index (κ1) is 13.8. The second-order valence-electron chi connectivity index (χ2n) is 5.26. The third-order valence-electron chi connectivity index (χ3n) is 2.53. The molecule has 0 N–H and O–H groups in total. The van der Waals surface area contributed by atoms with Crippen LogP contribution in [0.5, 0.6) is 0 Å². The summed E-state index contributed by atoms with van der Waals surface area (Å²) in [6, 6.07) is 2.34. The summed E-state index contributed by atoms with van der Waals surface area (Å²) in [5.74, 6) is 0.952. The van der Waals surface area contributed by atoms with Crippen LogP contribution in [0, 0.1) is 0 Å². The molecule has 0 saturated carbocycles. The molecule has 0 amide bonds. The van der Waals surface area contributed by atoms with Gasteiger partial charge in [0.1, 0.15) is 0 Å². The molecule has 0 radical (unpaired) electrons. The number of rotatable bonds is 5. The third-order valence-corrected chi connectivity index (χ3v) is 9.74. The quantitative estimate of drug-likeness (QED) is 0.606. The summed E-state index contributed by atoms with van der Waals surface area (Å²) >= 11 is 4.29. The van der Waals surface area contributed by atoms with Crippen LogP contribution in [0.3, 0.4) is 0 Å². The topological polar surface area (TPSA) is 18.5 Å². The number of thiol groups is 1. The Balaban J connectivity index is 2.58. The van der Waals surface area contributed by atoms with Crippen LogP contribution in [0.25, 0.3) is 0 Å². The van der Waals surface area contributed by atoms with Crippen molar-refractivity contribution in [3.05, 3.63) is 0 Å². The van der Waals surface area contributed by atoms with E-state index in [0.29, 0.717) is 0 Å². The Bertz CT molecular complexity index is 188. The first-order valence-electron chi connectivity index (χ1n) is 5.92. The summed E-state index contributed by atoms with van der Waals surface area (Å²) in [5, 5.41) is 0. The fraction of sp³-hybridized carbons (Fsp3) is 1.00. The van der Waals surface area contributed by atoms with Crippen molar-refractivity contribution in [2.75, 3.05) is 12.4 Å². The number of hydrogen-bond acceptors (Lipinski definition) is 3. The molecule has 1 saturated heterocycles. The van der Waals surface area contributed by atoms with Gasteiger partial charge in [0.05, 0.1) is 0 Å². The van der Waals surface area contributed by atoms with Crippen LogP contribution in [0.1, 0.15) is 19.3 Å². The van der Waals surface area contributed by atoms with Gasteiger partial charge in [0.25, 0.3) is 0 Å². The van der Waals surface area contributed by atoms with Crippen molar-refractivity contribution in [2.24, 2.45) is 0 Å². The minimum atomic E-state index is -1.83. The zero-order chi connectivity index (χ0) is 11.4. The van der Waals surface area contributed by atoms with E-state index in [1.54, 1.807) is 0 Å². The SMILES string of the molecule is C[Si](C)(C)O[Si]1(CCCS)CCCCO1. The zero-order valence-corrected chi connectivity index (χ0v) is 13.1. The van der Waals surface area contributed by atoms with Crippen LogP contribution in [-0.2, 0) is 8.54 Å². The lowest BCUT2D eigenvalue weighted by molar-refractivity contribution is 0.205. The highest BCUT2D eigenvalue weighted by molar-refractivity contribution is 7.80. The van der Waals surface area contributed by atoms with Gasteiger partial charge < -0.3 is 8.54 Å². The molecule has 90 valence electrons. The summed E-state index contributed by atoms with van der Waals surface area (Å²) in [7, 11) is -3.28. The van der Waals surface area contributed by atoms with E-state index >= 15 is 0 Å². The Morgan fingerprint density at radius 3 is 2.53 bits per heavy atom. The maximum Gasteiger partial charge on any atom is 0.327 e. The van der Waals surface area contributed by atoms with Crippen LogP contribution in [0.15, 0.2) is 0 Å². The second-order valence-corrected chi connectivity index (χ2v) is 13.9. The largest absolute Gasteiger partial charge is 0.436 e. The smallest absolute Gasteiger partial charge is 0.327 e. The van der Waals surface area contributed by atoms with E-state index in [4.69, 9.17) is 8.54 Å². The van der Waals surface area contributed by atoms with E-state index in [2.05, 4.69) is 32.3 Å². The summed E-state index contributed by atoms with van der Waals surface area (Å²) in [4.78, 5) is 0.